The monoisotopic (exact) mass is 451 g/mol. The minimum absolute atomic E-state index is 0.0399. The fourth-order valence-corrected chi connectivity index (χ4v) is 4.05. The predicted octanol–water partition coefficient (Wildman–Crippen LogP) is 5.30. The van der Waals surface area contributed by atoms with E-state index in [2.05, 4.69) is 0 Å². The van der Waals surface area contributed by atoms with Gasteiger partial charge in [0.1, 0.15) is 6.61 Å². The van der Waals surface area contributed by atoms with Crippen molar-refractivity contribution in [2.45, 2.75) is 51.2 Å². The largest absolute Gasteiger partial charge is 0.493 e. The molecule has 1 atom stereocenters. The fraction of sp³-hybridized carbons (Fsp3) is 0.407. The Kier molecular flexibility index (Phi) is 8.15. The standard InChI is InChI=1S/C27H33NO5/c1-20(2)33-25-23(11-8-12-24(25)31-4)27(15-13-22(29)14-16-27)17-18-28(3)26(30)32-19-21-9-6-5-7-10-21/h5-13,15,20H,14,16-19H2,1-4H3. The van der Waals surface area contributed by atoms with Gasteiger partial charge in [0, 0.05) is 31.0 Å². The van der Waals surface area contributed by atoms with Crippen molar-refractivity contribution in [3.05, 3.63) is 71.8 Å². The molecule has 0 aliphatic heterocycles. The molecule has 0 saturated carbocycles. The summed E-state index contributed by atoms with van der Waals surface area (Å²) in [5.41, 5.74) is 1.45. The van der Waals surface area contributed by atoms with Crippen LogP contribution < -0.4 is 9.47 Å². The molecule has 0 fully saturated rings. The quantitative estimate of drug-likeness (QED) is 0.518. The molecule has 2 aromatic carbocycles. The number of benzene rings is 2. The average Bonchev–Trinajstić information content (AvgIpc) is 2.82. The van der Waals surface area contributed by atoms with E-state index in [1.807, 2.05) is 68.5 Å². The van der Waals surface area contributed by atoms with Crippen LogP contribution in [0.25, 0.3) is 0 Å². The van der Waals surface area contributed by atoms with Crippen LogP contribution in [0.5, 0.6) is 11.5 Å². The molecule has 1 amide bonds. The molecule has 0 saturated heterocycles. The van der Waals surface area contributed by atoms with E-state index in [4.69, 9.17) is 14.2 Å². The zero-order valence-electron chi connectivity index (χ0n) is 19.9. The second kappa shape index (κ2) is 11.0. The van der Waals surface area contributed by atoms with Gasteiger partial charge >= 0.3 is 6.09 Å². The number of hydrogen-bond donors (Lipinski definition) is 0. The third-order valence-electron chi connectivity index (χ3n) is 5.90. The lowest BCUT2D eigenvalue weighted by molar-refractivity contribution is -0.115. The molecule has 0 aromatic heterocycles. The van der Waals surface area contributed by atoms with Gasteiger partial charge in [-0.3, -0.25) is 4.79 Å². The summed E-state index contributed by atoms with van der Waals surface area (Å²) >= 11 is 0. The van der Waals surface area contributed by atoms with E-state index in [1.54, 1.807) is 25.1 Å². The van der Waals surface area contributed by atoms with Gasteiger partial charge in [0.15, 0.2) is 17.3 Å². The smallest absolute Gasteiger partial charge is 0.409 e. The molecule has 3 rings (SSSR count). The number of nitrogens with zero attached hydrogens (tertiary/aromatic N) is 1. The molecule has 1 aliphatic carbocycles. The number of methoxy groups -OCH3 is 1. The van der Waals surface area contributed by atoms with Crippen LogP contribution in [0.1, 0.15) is 44.2 Å². The maximum Gasteiger partial charge on any atom is 0.409 e. The summed E-state index contributed by atoms with van der Waals surface area (Å²) in [5.74, 6) is 1.44. The molecule has 0 N–H and O–H groups in total. The molecule has 33 heavy (non-hydrogen) atoms. The summed E-state index contributed by atoms with van der Waals surface area (Å²) in [6.45, 7) is 4.63. The summed E-state index contributed by atoms with van der Waals surface area (Å²) in [6.07, 6.45) is 4.89. The van der Waals surface area contributed by atoms with Crippen molar-refractivity contribution in [2.75, 3.05) is 20.7 Å². The van der Waals surface area contributed by atoms with Gasteiger partial charge in [-0.15, -0.1) is 0 Å². The number of ketones is 1. The fourth-order valence-electron chi connectivity index (χ4n) is 4.05. The van der Waals surface area contributed by atoms with Gasteiger partial charge in [-0.25, -0.2) is 4.79 Å². The van der Waals surface area contributed by atoms with Gasteiger partial charge in [-0.1, -0.05) is 48.5 Å². The molecule has 0 radical (unpaired) electrons. The van der Waals surface area contributed by atoms with E-state index in [0.717, 1.165) is 11.1 Å². The van der Waals surface area contributed by atoms with Crippen LogP contribution in [0, 0.1) is 0 Å². The number of carbonyl (C=O) groups excluding carboxylic acids is 2. The van der Waals surface area contributed by atoms with Crippen molar-refractivity contribution in [1.29, 1.82) is 0 Å². The highest BCUT2D eigenvalue weighted by Gasteiger charge is 2.37. The molecule has 0 bridgehead atoms. The number of hydrogen-bond acceptors (Lipinski definition) is 5. The first kappa shape index (κ1) is 24.4. The highest BCUT2D eigenvalue weighted by atomic mass is 16.6. The molecular formula is C27H33NO5. The Hall–Kier alpha value is -3.28. The van der Waals surface area contributed by atoms with Crippen molar-refractivity contribution in [1.82, 2.24) is 4.90 Å². The molecule has 0 spiro atoms. The molecule has 1 aliphatic rings. The van der Waals surface area contributed by atoms with Gasteiger partial charge in [-0.2, -0.15) is 0 Å². The van der Waals surface area contributed by atoms with Crippen LogP contribution in [0.15, 0.2) is 60.7 Å². The van der Waals surface area contributed by atoms with Gasteiger partial charge in [0.05, 0.1) is 13.2 Å². The third-order valence-corrected chi connectivity index (χ3v) is 5.90. The molecule has 6 heteroatoms. The average molecular weight is 452 g/mol. The van der Waals surface area contributed by atoms with Crippen LogP contribution in [-0.4, -0.2) is 43.6 Å². The molecular weight excluding hydrogens is 418 g/mol. The normalized spacial score (nSPS) is 17.7. The lowest BCUT2D eigenvalue weighted by Gasteiger charge is -2.36. The molecule has 6 nitrogen and oxygen atoms in total. The number of rotatable bonds is 9. The van der Waals surface area contributed by atoms with Crippen molar-refractivity contribution in [3.63, 3.8) is 0 Å². The number of ether oxygens (including phenoxy) is 3. The Labute approximate surface area is 196 Å². The minimum Gasteiger partial charge on any atom is -0.493 e. The summed E-state index contributed by atoms with van der Waals surface area (Å²) in [6, 6.07) is 15.4. The second-order valence-corrected chi connectivity index (χ2v) is 8.67. The maximum absolute atomic E-state index is 12.6. The number of allylic oxidation sites excluding steroid dienone is 2. The zero-order valence-corrected chi connectivity index (χ0v) is 19.9. The Morgan fingerprint density at radius 1 is 1.12 bits per heavy atom. The molecule has 2 aromatic rings. The summed E-state index contributed by atoms with van der Waals surface area (Å²) in [7, 11) is 3.35. The minimum atomic E-state index is -0.458. The number of para-hydroxylation sites is 1. The first-order valence-electron chi connectivity index (χ1n) is 11.3. The van der Waals surface area contributed by atoms with Crippen LogP contribution in [0.4, 0.5) is 4.79 Å². The highest BCUT2D eigenvalue weighted by molar-refractivity contribution is 5.91. The van der Waals surface area contributed by atoms with E-state index < -0.39 is 5.41 Å². The molecule has 1 unspecified atom stereocenters. The Balaban J connectivity index is 1.80. The SMILES string of the molecule is COc1cccc(C2(CCN(C)C(=O)OCc3ccccc3)C=CC(=O)CC2)c1OC(C)C. The first-order chi connectivity index (χ1) is 15.8. The first-order valence-corrected chi connectivity index (χ1v) is 11.3. The van der Waals surface area contributed by atoms with Crippen LogP contribution in [-0.2, 0) is 21.6 Å². The highest BCUT2D eigenvalue weighted by Crippen LogP contribution is 2.46. The lowest BCUT2D eigenvalue weighted by Crippen LogP contribution is -2.36. The number of amides is 1. The van der Waals surface area contributed by atoms with Gasteiger partial charge in [0.2, 0.25) is 0 Å². The Morgan fingerprint density at radius 3 is 2.52 bits per heavy atom. The van der Waals surface area contributed by atoms with E-state index >= 15 is 0 Å². The zero-order chi connectivity index (χ0) is 23.8. The summed E-state index contributed by atoms with van der Waals surface area (Å²) < 4.78 is 17.2. The topological polar surface area (TPSA) is 65.1 Å². The van der Waals surface area contributed by atoms with E-state index in [0.29, 0.717) is 37.3 Å². The Morgan fingerprint density at radius 2 is 1.88 bits per heavy atom. The number of carbonyl (C=O) groups is 2. The summed E-state index contributed by atoms with van der Waals surface area (Å²) in [5, 5.41) is 0. The predicted molar refractivity (Wildman–Crippen MR) is 128 cm³/mol. The Bertz CT molecular complexity index is 985. The maximum atomic E-state index is 12.6. The third kappa shape index (κ3) is 6.15. The second-order valence-electron chi connectivity index (χ2n) is 8.67. The van der Waals surface area contributed by atoms with Gasteiger partial charge in [-0.05, 0) is 44.4 Å². The van der Waals surface area contributed by atoms with Crippen molar-refractivity contribution in [2.24, 2.45) is 0 Å². The van der Waals surface area contributed by atoms with Crippen LogP contribution >= 0.6 is 0 Å². The van der Waals surface area contributed by atoms with Gasteiger partial charge < -0.3 is 19.1 Å². The molecule has 176 valence electrons. The molecule has 0 heterocycles. The van der Waals surface area contributed by atoms with Crippen LogP contribution in [0.2, 0.25) is 0 Å². The van der Waals surface area contributed by atoms with E-state index in [-0.39, 0.29) is 24.6 Å². The van der Waals surface area contributed by atoms with E-state index in [1.165, 1.54) is 0 Å². The summed E-state index contributed by atoms with van der Waals surface area (Å²) in [4.78, 5) is 26.2. The van der Waals surface area contributed by atoms with Crippen molar-refractivity contribution in [3.8, 4) is 11.5 Å². The lowest BCUT2D eigenvalue weighted by atomic mass is 9.70. The van der Waals surface area contributed by atoms with E-state index in [9.17, 15) is 9.59 Å². The van der Waals surface area contributed by atoms with Gasteiger partial charge in [0.25, 0.3) is 0 Å². The van der Waals surface area contributed by atoms with Crippen molar-refractivity contribution >= 4 is 11.9 Å². The van der Waals surface area contributed by atoms with Crippen molar-refractivity contribution < 1.29 is 23.8 Å². The van der Waals surface area contributed by atoms with Crippen LogP contribution in [0.3, 0.4) is 0 Å².